The van der Waals surface area contributed by atoms with Crippen LogP contribution in [0.3, 0.4) is 0 Å². The molecule has 8 heavy (non-hydrogen) atoms. The minimum Gasteiger partial charge on any atom is -2.00 e. The standard InChI is InChI=1S/2Fe.O2Si.3O/c;;1-3-2;;;/q2*+3;;3*-2. The van der Waals surface area contributed by atoms with Crippen LogP contribution in [-0.4, -0.2) is 9.29 Å². The Hall–Kier alpha value is 0.736. The SMILES string of the molecule is O=[Si]=O.[Fe+3].[Fe+3].[O-2].[O-2].[O-2]. The molecule has 0 N–H and O–H groups in total. The predicted octanol–water partition coefficient (Wildman–Crippen LogP) is -0.980. The normalized spacial score (nSPS) is 1.00. The van der Waals surface area contributed by atoms with Crippen molar-refractivity contribution in [2.75, 3.05) is 0 Å². The summed E-state index contributed by atoms with van der Waals surface area (Å²) in [6, 6.07) is 0. The molecule has 8 heteroatoms. The molecule has 0 aliphatic rings. The molecular weight excluding hydrogens is 220 g/mol. The maximum atomic E-state index is 8.40. The molecule has 0 aliphatic carbocycles. The first-order valence-electron chi connectivity index (χ1n) is 0.408. The van der Waals surface area contributed by atoms with Crippen LogP contribution in [-0.2, 0) is 59.5 Å². The number of rotatable bonds is 0. The molecule has 0 aromatic carbocycles. The van der Waals surface area contributed by atoms with Gasteiger partial charge in [0, 0.05) is 0 Å². The van der Waals surface area contributed by atoms with E-state index in [9.17, 15) is 0 Å². The van der Waals surface area contributed by atoms with Gasteiger partial charge in [0.05, 0.1) is 0 Å². The Morgan fingerprint density at radius 3 is 0.750 bits per heavy atom. The molecule has 0 atom stereocenters. The summed E-state index contributed by atoms with van der Waals surface area (Å²) in [5.41, 5.74) is 0. The van der Waals surface area contributed by atoms with E-state index < -0.39 is 9.29 Å². The van der Waals surface area contributed by atoms with Crippen molar-refractivity contribution in [3.63, 3.8) is 0 Å². The first-order valence-corrected chi connectivity index (χ1v) is 1.22. The van der Waals surface area contributed by atoms with Crippen LogP contribution in [0.25, 0.3) is 0 Å². The smallest absolute Gasteiger partial charge is 2.00 e. The molecule has 0 saturated carbocycles. The quantitative estimate of drug-likeness (QED) is 0.487. The molecule has 2 radical (unpaired) electrons. The van der Waals surface area contributed by atoms with Crippen LogP contribution in [0.5, 0.6) is 0 Å². The largest absolute Gasteiger partial charge is 3.00 e. The van der Waals surface area contributed by atoms with Crippen molar-refractivity contribution in [1.82, 2.24) is 0 Å². The molecule has 0 aromatic rings. The van der Waals surface area contributed by atoms with E-state index in [0.29, 0.717) is 0 Å². The molecule has 0 unspecified atom stereocenters. The Bertz CT molecular complexity index is 31.4. The van der Waals surface area contributed by atoms with Gasteiger partial charge in [-0.15, -0.1) is 0 Å². The zero-order valence-corrected chi connectivity index (χ0v) is 6.46. The fraction of sp³-hybridized carbons (Fsp3) is 0. The van der Waals surface area contributed by atoms with Gasteiger partial charge in [0.15, 0.2) is 0 Å². The summed E-state index contributed by atoms with van der Waals surface area (Å²) >= 11 is 0. The zero-order chi connectivity index (χ0) is 2.71. The first-order chi connectivity index (χ1) is 1.41. The van der Waals surface area contributed by atoms with Gasteiger partial charge in [0.25, 0.3) is 0 Å². The molecule has 0 bridgehead atoms. The van der Waals surface area contributed by atoms with E-state index in [-0.39, 0.29) is 50.6 Å². The monoisotopic (exact) mass is 220 g/mol. The van der Waals surface area contributed by atoms with Gasteiger partial charge in [-0.25, -0.2) is 0 Å². The van der Waals surface area contributed by atoms with Gasteiger partial charge in [-0.05, 0) is 0 Å². The van der Waals surface area contributed by atoms with Crippen molar-refractivity contribution in [2.45, 2.75) is 0 Å². The van der Waals surface area contributed by atoms with E-state index in [1.165, 1.54) is 0 Å². The summed E-state index contributed by atoms with van der Waals surface area (Å²) in [6.07, 6.45) is 0. The van der Waals surface area contributed by atoms with Crippen LogP contribution >= 0.6 is 0 Å². The second kappa shape index (κ2) is 116. The average molecular weight is 220 g/mol. The van der Waals surface area contributed by atoms with Crippen molar-refractivity contribution < 1.29 is 59.5 Å². The molecule has 5 nitrogen and oxygen atoms in total. The average Bonchev–Trinajstić information content (AvgIpc) is 0.918. The Morgan fingerprint density at radius 2 is 0.750 bits per heavy atom. The van der Waals surface area contributed by atoms with Crippen molar-refractivity contribution in [1.29, 1.82) is 0 Å². The van der Waals surface area contributed by atoms with Crippen LogP contribution in [0, 0.1) is 0 Å². The molecule has 0 heterocycles. The Morgan fingerprint density at radius 1 is 0.750 bits per heavy atom. The molecule has 0 spiro atoms. The van der Waals surface area contributed by atoms with Crippen LogP contribution in [0.2, 0.25) is 0 Å². The molecule has 0 saturated heterocycles. The first kappa shape index (κ1) is 69.8. The summed E-state index contributed by atoms with van der Waals surface area (Å²) in [5.74, 6) is 0. The maximum Gasteiger partial charge on any atom is 3.00 e. The van der Waals surface area contributed by atoms with Gasteiger partial charge in [0.2, 0.25) is 0 Å². The third kappa shape index (κ3) is 409. The zero-order valence-electron chi connectivity index (χ0n) is 3.25. The molecule has 50 valence electrons. The summed E-state index contributed by atoms with van der Waals surface area (Å²) in [4.78, 5) is 0. The summed E-state index contributed by atoms with van der Waals surface area (Å²) in [5, 5.41) is 0. The minimum absolute atomic E-state index is 0. The van der Waals surface area contributed by atoms with E-state index in [1.807, 2.05) is 0 Å². The molecule has 0 fully saturated rings. The van der Waals surface area contributed by atoms with Gasteiger partial charge in [-0.1, -0.05) is 0 Å². The van der Waals surface area contributed by atoms with Crippen molar-refractivity contribution >= 4 is 9.29 Å². The predicted molar refractivity (Wildman–Crippen MR) is 9.19 cm³/mol. The Labute approximate surface area is 69.0 Å². The van der Waals surface area contributed by atoms with Crippen LogP contribution in [0.4, 0.5) is 0 Å². The van der Waals surface area contributed by atoms with Crippen LogP contribution < -0.4 is 0 Å². The van der Waals surface area contributed by atoms with E-state index in [2.05, 4.69) is 0 Å². The minimum atomic E-state index is -1.42. The summed E-state index contributed by atoms with van der Waals surface area (Å²) < 4.78 is 16.8. The number of hydrogen-bond donors (Lipinski definition) is 0. The summed E-state index contributed by atoms with van der Waals surface area (Å²) in [7, 11) is -1.42. The molecule has 0 aliphatic heterocycles. The van der Waals surface area contributed by atoms with Gasteiger partial charge in [0.1, 0.15) is 0 Å². The van der Waals surface area contributed by atoms with Gasteiger partial charge >= 0.3 is 43.4 Å². The summed E-state index contributed by atoms with van der Waals surface area (Å²) in [6.45, 7) is 0. The van der Waals surface area contributed by atoms with E-state index in [0.717, 1.165) is 0 Å². The second-order valence-corrected chi connectivity index (χ2v) is 0.250. The third-order valence-electron chi connectivity index (χ3n) is 0. The fourth-order valence-electron chi connectivity index (χ4n) is 0. The van der Waals surface area contributed by atoms with Crippen molar-refractivity contribution in [3.05, 3.63) is 0 Å². The topological polar surface area (TPSA) is 120 Å². The van der Waals surface area contributed by atoms with Gasteiger partial charge in [-0.2, -0.15) is 0 Å². The Kier molecular flexibility index (Phi) is 1020. The van der Waals surface area contributed by atoms with Crippen molar-refractivity contribution in [3.8, 4) is 0 Å². The third-order valence-corrected chi connectivity index (χ3v) is 0. The second-order valence-electron chi connectivity index (χ2n) is 0.0833. The van der Waals surface area contributed by atoms with Gasteiger partial charge < -0.3 is 16.4 Å². The van der Waals surface area contributed by atoms with Gasteiger partial charge in [-0.3, -0.25) is 8.92 Å². The fourth-order valence-corrected chi connectivity index (χ4v) is 0. The van der Waals surface area contributed by atoms with E-state index >= 15 is 0 Å². The molecular formula is Fe2O5Si. The van der Waals surface area contributed by atoms with Crippen molar-refractivity contribution in [2.24, 2.45) is 0 Å². The van der Waals surface area contributed by atoms with E-state index in [4.69, 9.17) is 8.92 Å². The Balaban J connectivity index is -0.00000000200. The van der Waals surface area contributed by atoms with Crippen LogP contribution in [0.1, 0.15) is 0 Å². The molecule has 0 rings (SSSR count). The number of hydrogen-bond acceptors (Lipinski definition) is 2. The van der Waals surface area contributed by atoms with E-state index in [1.54, 1.807) is 0 Å². The maximum absolute atomic E-state index is 8.40. The molecule has 0 amide bonds. The van der Waals surface area contributed by atoms with Crippen LogP contribution in [0.15, 0.2) is 0 Å². The molecule has 0 aromatic heterocycles.